The topological polar surface area (TPSA) is 68.4 Å². The maximum atomic E-state index is 13.1. The minimum absolute atomic E-state index is 0.00720. The van der Waals surface area contributed by atoms with E-state index in [1.54, 1.807) is 24.3 Å². The van der Waals surface area contributed by atoms with E-state index in [4.69, 9.17) is 21.1 Å². The summed E-state index contributed by atoms with van der Waals surface area (Å²) >= 11 is 6.06. The van der Waals surface area contributed by atoms with E-state index in [-0.39, 0.29) is 12.2 Å². The second-order valence-electron chi connectivity index (χ2n) is 6.17. The minimum atomic E-state index is -0.405. The van der Waals surface area contributed by atoms with Gasteiger partial charge in [0.15, 0.2) is 0 Å². The van der Waals surface area contributed by atoms with Gasteiger partial charge in [0.2, 0.25) is 5.78 Å². The van der Waals surface area contributed by atoms with Gasteiger partial charge in [-0.15, -0.1) is 0 Å². The van der Waals surface area contributed by atoms with Crippen molar-refractivity contribution in [3.05, 3.63) is 63.8 Å². The third-order valence-corrected chi connectivity index (χ3v) is 4.83. The number of carbonyl (C=O) groups is 2. The van der Waals surface area contributed by atoms with Gasteiger partial charge in [0.1, 0.15) is 5.75 Å². The van der Waals surface area contributed by atoms with Crippen molar-refractivity contribution in [2.45, 2.75) is 12.8 Å². The summed E-state index contributed by atoms with van der Waals surface area (Å²) in [7, 11) is 1.33. The summed E-state index contributed by atoms with van der Waals surface area (Å²) in [6.45, 7) is 0.630. The molecule has 0 saturated heterocycles. The largest absolute Gasteiger partial charge is 0.493 e. The highest BCUT2D eigenvalue weighted by Crippen LogP contribution is 2.30. The van der Waals surface area contributed by atoms with Gasteiger partial charge in [0.05, 0.1) is 25.8 Å². The first-order chi connectivity index (χ1) is 12.6. The monoisotopic (exact) mass is 369 g/mol. The number of halogens is 1. The van der Waals surface area contributed by atoms with E-state index < -0.39 is 5.97 Å². The van der Waals surface area contributed by atoms with E-state index in [1.165, 1.54) is 7.11 Å². The molecular formula is C20H16ClNO4. The zero-order chi connectivity index (χ0) is 18.3. The zero-order valence-electron chi connectivity index (χ0n) is 14.1. The molecule has 4 rings (SSSR count). The molecule has 0 unspecified atom stereocenters. The van der Waals surface area contributed by atoms with Gasteiger partial charge in [-0.3, -0.25) is 9.59 Å². The van der Waals surface area contributed by atoms with Crippen molar-refractivity contribution < 1.29 is 19.1 Å². The van der Waals surface area contributed by atoms with Crippen molar-refractivity contribution in [3.8, 4) is 5.75 Å². The molecule has 0 atom stereocenters. The molecule has 0 aliphatic carbocycles. The summed E-state index contributed by atoms with van der Waals surface area (Å²) in [5, 5.41) is 1.34. The van der Waals surface area contributed by atoms with Crippen LogP contribution in [-0.2, 0) is 22.4 Å². The highest BCUT2D eigenvalue weighted by Gasteiger charge is 2.23. The minimum Gasteiger partial charge on any atom is -0.493 e. The molecule has 1 aliphatic rings. The number of hydrogen-bond donors (Lipinski definition) is 1. The van der Waals surface area contributed by atoms with Crippen molar-refractivity contribution in [2.24, 2.45) is 0 Å². The van der Waals surface area contributed by atoms with Crippen LogP contribution in [-0.4, -0.2) is 30.5 Å². The Kier molecular flexibility index (Phi) is 4.17. The summed E-state index contributed by atoms with van der Waals surface area (Å²) in [6, 6.07) is 10.7. The Labute approximate surface area is 154 Å². The van der Waals surface area contributed by atoms with Crippen LogP contribution in [0.1, 0.15) is 27.2 Å². The lowest BCUT2D eigenvalue weighted by Crippen LogP contribution is -2.10. The first-order valence-corrected chi connectivity index (χ1v) is 8.62. The maximum Gasteiger partial charge on any atom is 0.310 e. The number of nitrogens with one attached hydrogen (secondary N) is 1. The third kappa shape index (κ3) is 2.84. The lowest BCUT2D eigenvalue weighted by molar-refractivity contribution is -0.139. The molecule has 0 amide bonds. The molecule has 26 heavy (non-hydrogen) atoms. The fourth-order valence-electron chi connectivity index (χ4n) is 3.29. The van der Waals surface area contributed by atoms with Crippen molar-refractivity contribution in [2.75, 3.05) is 13.7 Å². The molecule has 1 N–H and O–H groups in total. The van der Waals surface area contributed by atoms with Crippen LogP contribution >= 0.6 is 11.6 Å². The molecule has 0 fully saturated rings. The second kappa shape index (κ2) is 6.50. The Morgan fingerprint density at radius 2 is 2.08 bits per heavy atom. The smallest absolute Gasteiger partial charge is 0.310 e. The fraction of sp³-hybridized carbons (Fsp3) is 0.200. The first-order valence-electron chi connectivity index (χ1n) is 8.24. The molecule has 5 nitrogen and oxygen atoms in total. The molecule has 0 bridgehead atoms. The summed E-state index contributed by atoms with van der Waals surface area (Å²) in [4.78, 5) is 28.1. The van der Waals surface area contributed by atoms with Crippen molar-refractivity contribution in [1.29, 1.82) is 0 Å². The Bertz CT molecular complexity index is 1040. The van der Waals surface area contributed by atoms with E-state index >= 15 is 0 Å². The molecule has 1 aliphatic heterocycles. The number of esters is 1. The summed E-state index contributed by atoms with van der Waals surface area (Å²) in [6.07, 6.45) is 0.793. The molecule has 0 saturated carbocycles. The Hall–Kier alpha value is -2.79. The van der Waals surface area contributed by atoms with Crippen molar-refractivity contribution in [1.82, 2.24) is 4.98 Å². The van der Waals surface area contributed by atoms with Crippen LogP contribution in [0.25, 0.3) is 10.9 Å². The summed E-state index contributed by atoms with van der Waals surface area (Å²) in [5.74, 6) is 0.239. The molecule has 2 aromatic carbocycles. The Balaban J connectivity index is 1.82. The van der Waals surface area contributed by atoms with E-state index in [2.05, 4.69) is 4.98 Å². The quantitative estimate of drug-likeness (QED) is 0.562. The average Bonchev–Trinajstić information content (AvgIpc) is 3.24. The van der Waals surface area contributed by atoms with E-state index in [9.17, 15) is 9.59 Å². The first kappa shape index (κ1) is 16.7. The number of ketones is 1. The molecule has 3 aromatic rings. The SMILES string of the molecule is COC(=O)Cc1c(C(=O)c2ccc3c(c2)CCO3)[nH]c2cc(Cl)ccc12. The van der Waals surface area contributed by atoms with Gasteiger partial charge < -0.3 is 14.5 Å². The van der Waals surface area contributed by atoms with Gasteiger partial charge in [0, 0.05) is 33.5 Å². The zero-order valence-corrected chi connectivity index (χ0v) is 14.9. The standard InChI is InChI=1S/C20H16ClNO4/c1-25-18(23)10-15-14-4-3-13(21)9-16(14)22-19(15)20(24)12-2-5-17-11(8-12)6-7-26-17/h2-5,8-9,22H,6-7,10H2,1H3. The maximum absolute atomic E-state index is 13.1. The van der Waals surface area contributed by atoms with Gasteiger partial charge >= 0.3 is 5.97 Å². The van der Waals surface area contributed by atoms with Gasteiger partial charge in [-0.1, -0.05) is 17.7 Å². The number of hydrogen-bond acceptors (Lipinski definition) is 4. The van der Waals surface area contributed by atoms with Gasteiger partial charge in [-0.25, -0.2) is 0 Å². The highest BCUT2D eigenvalue weighted by molar-refractivity contribution is 6.31. The molecule has 0 radical (unpaired) electrons. The number of fused-ring (bicyclic) bond motifs is 2. The second-order valence-corrected chi connectivity index (χ2v) is 6.61. The molecule has 2 heterocycles. The van der Waals surface area contributed by atoms with Crippen LogP contribution in [0.5, 0.6) is 5.75 Å². The van der Waals surface area contributed by atoms with Crippen LogP contribution in [0.15, 0.2) is 36.4 Å². The Morgan fingerprint density at radius 3 is 2.88 bits per heavy atom. The number of ether oxygens (including phenoxy) is 2. The van der Waals surface area contributed by atoms with Crippen LogP contribution in [0.2, 0.25) is 5.02 Å². The third-order valence-electron chi connectivity index (χ3n) is 4.60. The number of methoxy groups -OCH3 is 1. The molecule has 0 spiro atoms. The van der Waals surface area contributed by atoms with E-state index in [0.717, 1.165) is 23.1 Å². The van der Waals surface area contributed by atoms with E-state index in [0.29, 0.717) is 34.0 Å². The van der Waals surface area contributed by atoms with Gasteiger partial charge in [-0.2, -0.15) is 0 Å². The molecule has 6 heteroatoms. The normalized spacial score (nSPS) is 12.7. The highest BCUT2D eigenvalue weighted by atomic mass is 35.5. The van der Waals surface area contributed by atoms with E-state index in [1.807, 2.05) is 12.1 Å². The molecule has 1 aromatic heterocycles. The van der Waals surface area contributed by atoms with Crippen LogP contribution in [0.3, 0.4) is 0 Å². The van der Waals surface area contributed by atoms with Gasteiger partial charge in [0.25, 0.3) is 0 Å². The lowest BCUT2D eigenvalue weighted by atomic mass is 9.99. The van der Waals surface area contributed by atoms with Crippen molar-refractivity contribution in [3.63, 3.8) is 0 Å². The van der Waals surface area contributed by atoms with Crippen molar-refractivity contribution >= 4 is 34.3 Å². The van der Waals surface area contributed by atoms with Crippen LogP contribution in [0.4, 0.5) is 0 Å². The fourth-order valence-corrected chi connectivity index (χ4v) is 3.47. The number of benzene rings is 2. The Morgan fingerprint density at radius 1 is 1.23 bits per heavy atom. The number of aromatic nitrogens is 1. The predicted octanol–water partition coefficient (Wildman–Crippen LogP) is 3.70. The van der Waals surface area contributed by atoms with Crippen LogP contribution in [0, 0.1) is 0 Å². The summed E-state index contributed by atoms with van der Waals surface area (Å²) in [5.41, 5.74) is 3.28. The van der Waals surface area contributed by atoms with Gasteiger partial charge in [-0.05, 0) is 35.9 Å². The number of H-pyrrole nitrogens is 1. The van der Waals surface area contributed by atoms with Crippen LogP contribution < -0.4 is 4.74 Å². The predicted molar refractivity (Wildman–Crippen MR) is 98.1 cm³/mol. The summed E-state index contributed by atoms with van der Waals surface area (Å²) < 4.78 is 10.3. The lowest BCUT2D eigenvalue weighted by Gasteiger charge is -2.05. The number of carbonyl (C=O) groups excluding carboxylic acids is 2. The average molecular weight is 370 g/mol. The number of aromatic amines is 1. The molecular weight excluding hydrogens is 354 g/mol. The molecule has 132 valence electrons. The number of rotatable bonds is 4.